The molecule has 9 heteroatoms. The Morgan fingerprint density at radius 3 is 2.44 bits per heavy atom. The molecule has 0 aromatic heterocycles. The van der Waals surface area contributed by atoms with Gasteiger partial charge in [0.25, 0.3) is 10.0 Å². The van der Waals surface area contributed by atoms with Crippen molar-refractivity contribution in [3.05, 3.63) is 64.7 Å². The fourth-order valence-corrected chi connectivity index (χ4v) is 6.07. The van der Waals surface area contributed by atoms with Crippen molar-refractivity contribution in [3.63, 3.8) is 0 Å². The van der Waals surface area contributed by atoms with E-state index in [-0.39, 0.29) is 22.1 Å². The second-order valence-electron chi connectivity index (χ2n) is 9.31. The summed E-state index contributed by atoms with van der Waals surface area (Å²) in [5.41, 5.74) is 1.84. The zero-order valence-corrected chi connectivity index (χ0v) is 21.1. The molecule has 2 aromatic carbocycles. The molecule has 0 bridgehead atoms. The van der Waals surface area contributed by atoms with E-state index < -0.39 is 16.0 Å². The molecule has 4 rings (SSSR count). The highest BCUT2D eigenvalue weighted by molar-refractivity contribution is 7.92. The molecule has 1 amide bonds. The van der Waals surface area contributed by atoms with Gasteiger partial charge in [0.1, 0.15) is 0 Å². The van der Waals surface area contributed by atoms with Gasteiger partial charge < -0.3 is 15.3 Å². The highest BCUT2D eigenvalue weighted by atomic mass is 32.2. The molecular formula is C27H33N3O5S. The number of piperidine rings is 1. The Labute approximate surface area is 212 Å². The van der Waals surface area contributed by atoms with E-state index in [0.717, 1.165) is 38.0 Å². The fraction of sp³-hybridized carbons (Fsp3) is 0.407. The van der Waals surface area contributed by atoms with Crippen LogP contribution >= 0.6 is 0 Å². The highest BCUT2D eigenvalue weighted by Crippen LogP contribution is 2.35. The van der Waals surface area contributed by atoms with Crippen LogP contribution in [0.1, 0.15) is 59.2 Å². The van der Waals surface area contributed by atoms with Crippen LogP contribution in [0, 0.1) is 0 Å². The molecule has 1 fully saturated rings. The number of nitrogens with one attached hydrogen (secondary N) is 2. The topological polar surface area (TPSA) is 116 Å². The Morgan fingerprint density at radius 2 is 1.72 bits per heavy atom. The van der Waals surface area contributed by atoms with Gasteiger partial charge in [-0.3, -0.25) is 9.52 Å². The number of benzene rings is 2. The van der Waals surface area contributed by atoms with Gasteiger partial charge in [-0.05, 0) is 92.6 Å². The lowest BCUT2D eigenvalue weighted by atomic mass is 9.85. The maximum atomic E-state index is 13.1. The molecule has 1 aliphatic heterocycles. The molecule has 36 heavy (non-hydrogen) atoms. The molecule has 3 N–H and O–H groups in total. The van der Waals surface area contributed by atoms with Gasteiger partial charge in [-0.2, -0.15) is 0 Å². The molecular weight excluding hydrogens is 478 g/mol. The summed E-state index contributed by atoms with van der Waals surface area (Å²) in [7, 11) is -4.04. The molecule has 0 unspecified atom stereocenters. The quantitative estimate of drug-likeness (QED) is 0.443. The third-order valence-electron chi connectivity index (χ3n) is 6.77. The average molecular weight is 512 g/mol. The number of sulfonamides is 1. The van der Waals surface area contributed by atoms with Crippen LogP contribution in [0.3, 0.4) is 0 Å². The number of amides is 1. The number of rotatable bonds is 9. The molecule has 2 aromatic rings. The summed E-state index contributed by atoms with van der Waals surface area (Å²) in [6, 6.07) is 9.63. The van der Waals surface area contributed by atoms with E-state index in [1.807, 2.05) is 0 Å². The van der Waals surface area contributed by atoms with Gasteiger partial charge in [0.15, 0.2) is 0 Å². The summed E-state index contributed by atoms with van der Waals surface area (Å²) < 4.78 is 28.7. The minimum Gasteiger partial charge on any atom is -0.478 e. The first-order valence-corrected chi connectivity index (χ1v) is 14.0. The molecule has 1 heterocycles. The Balaban J connectivity index is 1.61. The Bertz CT molecular complexity index is 1240. The molecule has 8 nitrogen and oxygen atoms in total. The normalized spacial score (nSPS) is 16.4. The summed E-state index contributed by atoms with van der Waals surface area (Å²) in [6.45, 7) is 3.39. The molecule has 0 saturated carbocycles. The van der Waals surface area contributed by atoms with Crippen molar-refractivity contribution in [1.82, 2.24) is 10.2 Å². The van der Waals surface area contributed by atoms with E-state index in [2.05, 4.69) is 14.9 Å². The van der Waals surface area contributed by atoms with Crippen LogP contribution in [-0.4, -0.2) is 56.5 Å². The van der Waals surface area contributed by atoms with Gasteiger partial charge in [0.05, 0.1) is 16.1 Å². The lowest BCUT2D eigenvalue weighted by Crippen LogP contribution is -2.37. The van der Waals surface area contributed by atoms with Crippen LogP contribution in [0.25, 0.3) is 6.08 Å². The largest absolute Gasteiger partial charge is 0.478 e. The molecule has 0 radical (unpaired) electrons. The first kappa shape index (κ1) is 25.9. The van der Waals surface area contributed by atoms with Gasteiger partial charge in [0.2, 0.25) is 5.91 Å². The van der Waals surface area contributed by atoms with E-state index in [9.17, 15) is 23.1 Å². The number of fused-ring (bicyclic) bond motifs is 1. The number of carbonyl (C=O) groups is 2. The molecule has 2 aliphatic rings. The van der Waals surface area contributed by atoms with Crippen molar-refractivity contribution in [3.8, 4) is 0 Å². The van der Waals surface area contributed by atoms with Crippen molar-refractivity contribution < 1.29 is 23.1 Å². The fourth-order valence-electron chi connectivity index (χ4n) is 4.94. The van der Waals surface area contributed by atoms with Crippen molar-refractivity contribution in [1.29, 1.82) is 0 Å². The smallest absolute Gasteiger partial charge is 0.338 e. The number of carboxylic acid groups (broad SMARTS) is 1. The van der Waals surface area contributed by atoms with E-state index in [1.165, 1.54) is 43.5 Å². The maximum absolute atomic E-state index is 13.1. The summed E-state index contributed by atoms with van der Waals surface area (Å²) in [6.07, 6.45) is 9.50. The maximum Gasteiger partial charge on any atom is 0.338 e. The SMILES string of the molecule is O=C(C=Cc1cc2c(c(C(=O)O)c1NS(=O)(=O)c1ccccc1)CCCC2)NCCN1CCCCC1. The molecule has 192 valence electrons. The van der Waals surface area contributed by atoms with Crippen molar-refractivity contribution in [2.45, 2.75) is 49.8 Å². The summed E-state index contributed by atoms with van der Waals surface area (Å²) >= 11 is 0. The summed E-state index contributed by atoms with van der Waals surface area (Å²) in [5.74, 6) is -1.50. The Kier molecular flexibility index (Phi) is 8.43. The monoisotopic (exact) mass is 511 g/mol. The van der Waals surface area contributed by atoms with Gasteiger partial charge in [0, 0.05) is 19.2 Å². The number of carboxylic acids is 1. The molecule has 0 atom stereocenters. The van der Waals surface area contributed by atoms with Gasteiger partial charge in [-0.1, -0.05) is 24.6 Å². The molecule has 1 aliphatic carbocycles. The standard InChI is InChI=1S/C27H33N3O5S/c31-24(28-15-18-30-16-7-2-8-17-30)14-13-21-19-20-9-5-6-12-23(20)25(27(32)33)26(21)29-36(34,35)22-10-3-1-4-11-22/h1,3-4,10-11,13-14,19,29H,2,5-9,12,15-18H2,(H,28,31)(H,32,33). The number of nitrogens with zero attached hydrogens (tertiary/aromatic N) is 1. The number of hydrogen-bond donors (Lipinski definition) is 3. The predicted octanol–water partition coefficient (Wildman–Crippen LogP) is 3.68. The summed E-state index contributed by atoms with van der Waals surface area (Å²) in [4.78, 5) is 27.2. The average Bonchev–Trinajstić information content (AvgIpc) is 2.88. The van der Waals surface area contributed by atoms with Crippen LogP contribution < -0.4 is 10.0 Å². The Hall–Kier alpha value is -3.17. The first-order valence-electron chi connectivity index (χ1n) is 12.5. The highest BCUT2D eigenvalue weighted by Gasteiger charge is 2.27. The lowest BCUT2D eigenvalue weighted by Gasteiger charge is -2.26. The van der Waals surface area contributed by atoms with Crippen LogP contribution in [0.5, 0.6) is 0 Å². The van der Waals surface area contributed by atoms with Gasteiger partial charge in [-0.25, -0.2) is 13.2 Å². The second kappa shape index (κ2) is 11.7. The van der Waals surface area contributed by atoms with Gasteiger partial charge in [-0.15, -0.1) is 0 Å². The number of aryl methyl sites for hydroxylation is 1. The third-order valence-corrected chi connectivity index (χ3v) is 8.14. The number of hydrogen-bond acceptors (Lipinski definition) is 5. The van der Waals surface area contributed by atoms with Crippen molar-refractivity contribution in [2.24, 2.45) is 0 Å². The number of carbonyl (C=O) groups excluding carboxylic acids is 1. The molecule has 1 saturated heterocycles. The second-order valence-corrected chi connectivity index (χ2v) is 11.0. The minimum atomic E-state index is -4.04. The van der Waals surface area contributed by atoms with Crippen LogP contribution in [0.15, 0.2) is 47.4 Å². The van der Waals surface area contributed by atoms with Crippen LogP contribution in [0.2, 0.25) is 0 Å². The summed E-state index contributed by atoms with van der Waals surface area (Å²) in [5, 5.41) is 13.0. The third kappa shape index (κ3) is 6.33. The van der Waals surface area contributed by atoms with E-state index in [4.69, 9.17) is 0 Å². The number of anilines is 1. The Morgan fingerprint density at radius 1 is 1.00 bits per heavy atom. The molecule has 0 spiro atoms. The number of likely N-dealkylation sites (tertiary alicyclic amines) is 1. The van der Waals surface area contributed by atoms with E-state index in [1.54, 1.807) is 24.3 Å². The van der Waals surface area contributed by atoms with E-state index >= 15 is 0 Å². The minimum absolute atomic E-state index is 0.00984. The van der Waals surface area contributed by atoms with Crippen molar-refractivity contribution in [2.75, 3.05) is 30.9 Å². The zero-order chi connectivity index (χ0) is 25.5. The number of aromatic carboxylic acids is 1. The predicted molar refractivity (Wildman–Crippen MR) is 140 cm³/mol. The van der Waals surface area contributed by atoms with Crippen molar-refractivity contribution >= 4 is 33.7 Å². The zero-order valence-electron chi connectivity index (χ0n) is 20.3. The van der Waals surface area contributed by atoms with Crippen LogP contribution in [0.4, 0.5) is 5.69 Å². The van der Waals surface area contributed by atoms with Crippen LogP contribution in [-0.2, 0) is 27.7 Å². The lowest BCUT2D eigenvalue weighted by molar-refractivity contribution is -0.116. The first-order chi connectivity index (χ1) is 17.3. The van der Waals surface area contributed by atoms with E-state index in [0.29, 0.717) is 30.5 Å². The van der Waals surface area contributed by atoms with Gasteiger partial charge >= 0.3 is 5.97 Å².